The first-order valence-corrected chi connectivity index (χ1v) is 17.2. The molecule has 3 aromatic carbocycles. The summed E-state index contributed by atoms with van der Waals surface area (Å²) in [6.45, 7) is -0.266. The number of benzene rings is 3. The summed E-state index contributed by atoms with van der Waals surface area (Å²) in [6.07, 6.45) is 0.772. The van der Waals surface area contributed by atoms with Crippen molar-refractivity contribution in [1.29, 1.82) is 0 Å². The predicted molar refractivity (Wildman–Crippen MR) is 178 cm³/mol. The highest BCUT2D eigenvalue weighted by atomic mass is 35.5. The van der Waals surface area contributed by atoms with E-state index in [2.05, 4.69) is 10.3 Å². The Kier molecular flexibility index (Phi) is 7.34. The molecule has 0 radical (unpaired) electrons. The number of ether oxygens (including phenoxy) is 2. The Hall–Kier alpha value is -4.26. The van der Waals surface area contributed by atoms with Crippen LogP contribution in [-0.4, -0.2) is 46.8 Å². The molecule has 47 heavy (non-hydrogen) atoms. The maximum Gasteiger partial charge on any atom is 0.305 e. The van der Waals surface area contributed by atoms with E-state index >= 15 is 0 Å². The third-order valence-electron chi connectivity index (χ3n) is 9.87. The molecule has 3 amide bonds. The molecule has 1 aromatic heterocycles. The van der Waals surface area contributed by atoms with Crippen LogP contribution in [0.4, 0.5) is 11.4 Å². The summed E-state index contributed by atoms with van der Waals surface area (Å²) < 4.78 is 11.5. The highest BCUT2D eigenvalue weighted by Gasteiger charge is 2.69. The fraction of sp³-hybridized carbons (Fsp3) is 0.294. The largest absolute Gasteiger partial charge is 0.508 e. The maximum atomic E-state index is 14.0. The van der Waals surface area contributed by atoms with E-state index in [0.717, 1.165) is 21.9 Å². The van der Waals surface area contributed by atoms with Gasteiger partial charge in [0.2, 0.25) is 11.8 Å². The number of hydrogen-bond donors (Lipinski definition) is 3. The van der Waals surface area contributed by atoms with E-state index < -0.39 is 11.8 Å². The Labute approximate surface area is 282 Å². The van der Waals surface area contributed by atoms with Gasteiger partial charge in [-0.2, -0.15) is 0 Å². The third kappa shape index (κ3) is 4.92. The number of phenols is 1. The summed E-state index contributed by atoms with van der Waals surface area (Å²) in [7, 11) is 1.53. The third-order valence-corrected chi connectivity index (χ3v) is 12.7. The molecule has 10 nitrogen and oxygen atoms in total. The van der Waals surface area contributed by atoms with Gasteiger partial charge in [-0.3, -0.25) is 24.1 Å². The van der Waals surface area contributed by atoms with Crippen LogP contribution in [0.15, 0.2) is 76.6 Å². The fourth-order valence-corrected chi connectivity index (χ4v) is 11.1. The number of anilines is 2. The SMILES string of the molecule is COc1cc([C@H]2c3sc(=O)[nH]c3SC3C4CC(C5C(=O)N(c6ccc(Cl)cc6)C(=O)C45)C32)ccc1OCC(=O)Nc1ccc(O)cc1. The molecule has 1 saturated heterocycles. The van der Waals surface area contributed by atoms with Crippen molar-refractivity contribution in [2.75, 3.05) is 23.9 Å². The maximum absolute atomic E-state index is 14.0. The number of methoxy groups -OCH3 is 1. The van der Waals surface area contributed by atoms with Crippen molar-refractivity contribution in [1.82, 2.24) is 4.98 Å². The average Bonchev–Trinajstić information content (AvgIpc) is 3.80. The molecular formula is C34H28ClN3O7S2. The Bertz CT molecular complexity index is 1980. The van der Waals surface area contributed by atoms with E-state index in [0.29, 0.717) is 27.9 Å². The number of carbonyl (C=O) groups excluding carboxylic acids is 3. The van der Waals surface area contributed by atoms with Crippen LogP contribution in [0.2, 0.25) is 5.02 Å². The number of imide groups is 1. The lowest BCUT2D eigenvalue weighted by Gasteiger charge is -2.43. The molecular weight excluding hydrogens is 662 g/mol. The monoisotopic (exact) mass is 689 g/mol. The van der Waals surface area contributed by atoms with Crippen LogP contribution in [0.1, 0.15) is 22.8 Å². The molecule has 2 aliphatic heterocycles. The van der Waals surface area contributed by atoms with Crippen molar-refractivity contribution in [3.05, 3.63) is 91.9 Å². The van der Waals surface area contributed by atoms with Crippen LogP contribution in [-0.2, 0) is 14.4 Å². The van der Waals surface area contributed by atoms with E-state index in [1.165, 1.54) is 35.5 Å². The van der Waals surface area contributed by atoms with E-state index in [1.807, 2.05) is 12.1 Å². The Balaban J connectivity index is 1.09. The number of fused-ring (bicyclic) bond motifs is 9. The van der Waals surface area contributed by atoms with Gasteiger partial charge in [0.25, 0.3) is 5.91 Å². The van der Waals surface area contributed by atoms with Crippen LogP contribution in [0.3, 0.4) is 0 Å². The average molecular weight is 690 g/mol. The lowest BCUT2D eigenvalue weighted by molar-refractivity contribution is -0.123. The van der Waals surface area contributed by atoms with Crippen molar-refractivity contribution < 1.29 is 29.0 Å². The number of thiazole rings is 1. The number of halogens is 1. The number of rotatable bonds is 7. The van der Waals surface area contributed by atoms with Crippen LogP contribution in [0.5, 0.6) is 17.2 Å². The minimum atomic E-state index is -0.429. The van der Waals surface area contributed by atoms with Gasteiger partial charge in [0.15, 0.2) is 18.1 Å². The molecule has 0 spiro atoms. The number of nitrogens with zero attached hydrogens (tertiary/aromatic N) is 1. The van der Waals surface area contributed by atoms with Crippen molar-refractivity contribution in [2.45, 2.75) is 22.6 Å². The van der Waals surface area contributed by atoms with Gasteiger partial charge in [-0.25, -0.2) is 0 Å². The Morgan fingerprint density at radius 1 is 1.00 bits per heavy atom. The summed E-state index contributed by atoms with van der Waals surface area (Å²) >= 11 is 8.89. The van der Waals surface area contributed by atoms with Crippen molar-refractivity contribution in [2.24, 2.45) is 29.6 Å². The molecule has 4 aliphatic rings. The number of thioether (sulfide) groups is 1. The molecule has 2 bridgehead atoms. The quantitative estimate of drug-likeness (QED) is 0.171. The topological polar surface area (TPSA) is 138 Å². The molecule has 4 aromatic rings. The first kappa shape index (κ1) is 30.1. The van der Waals surface area contributed by atoms with E-state index in [9.17, 15) is 24.3 Å². The normalized spacial score (nSPS) is 26.9. The van der Waals surface area contributed by atoms with Gasteiger partial charge in [0, 0.05) is 26.8 Å². The molecule has 2 aliphatic carbocycles. The minimum Gasteiger partial charge on any atom is -0.508 e. The van der Waals surface area contributed by atoms with E-state index in [-0.39, 0.29) is 63.9 Å². The smallest absolute Gasteiger partial charge is 0.305 e. The second-order valence-corrected chi connectivity index (χ2v) is 14.9. The Morgan fingerprint density at radius 3 is 2.45 bits per heavy atom. The zero-order valence-electron chi connectivity index (χ0n) is 24.8. The number of hydrogen-bond acceptors (Lipinski definition) is 9. The highest BCUT2D eigenvalue weighted by Crippen LogP contribution is 2.68. The van der Waals surface area contributed by atoms with Crippen molar-refractivity contribution in [3.63, 3.8) is 0 Å². The van der Waals surface area contributed by atoms with Crippen LogP contribution in [0, 0.1) is 29.6 Å². The standard InChI is InChI=1S/C34H28ClN3O7S2/c1-44-23-12-15(2-11-22(23)45-14-24(40)36-17-5-9-19(39)10-6-17)25-26-20-13-21(29(26)46-31-30(25)47-34(43)37-31)28-27(20)32(41)38(33(28)42)18-7-3-16(35)4-8-18/h2-12,20-21,25-29,39H,13-14H2,1H3,(H,36,40)(H,37,43)/t20?,21?,25-,26?,27?,28?,29?/m1/s1. The van der Waals surface area contributed by atoms with Gasteiger partial charge in [0.1, 0.15) is 5.75 Å². The highest BCUT2D eigenvalue weighted by molar-refractivity contribution is 8.00. The lowest BCUT2D eigenvalue weighted by Crippen LogP contribution is -2.42. The number of phenolic OH excluding ortho intramolecular Hbond substituents is 1. The minimum absolute atomic E-state index is 0.00982. The summed E-state index contributed by atoms with van der Waals surface area (Å²) in [5.74, 6) is -0.875. The van der Waals surface area contributed by atoms with Gasteiger partial charge >= 0.3 is 4.87 Å². The zero-order chi connectivity index (χ0) is 32.6. The predicted octanol–water partition coefficient (Wildman–Crippen LogP) is 5.50. The first-order chi connectivity index (χ1) is 22.7. The molecule has 3 fully saturated rings. The molecule has 6 unspecified atom stereocenters. The van der Waals surface area contributed by atoms with Gasteiger partial charge in [-0.1, -0.05) is 29.0 Å². The number of aromatic hydroxyl groups is 1. The summed E-state index contributed by atoms with van der Waals surface area (Å²) in [5, 5.41) is 13.6. The first-order valence-electron chi connectivity index (χ1n) is 15.1. The van der Waals surface area contributed by atoms with Gasteiger partial charge in [-0.05, 0) is 90.4 Å². The lowest BCUT2D eigenvalue weighted by atomic mass is 9.68. The molecule has 3 N–H and O–H groups in total. The van der Waals surface area contributed by atoms with E-state index in [4.69, 9.17) is 21.1 Å². The fourth-order valence-electron chi connectivity index (χ4n) is 8.12. The van der Waals surface area contributed by atoms with Crippen LogP contribution >= 0.6 is 34.7 Å². The molecule has 8 rings (SSSR count). The van der Waals surface area contributed by atoms with Crippen molar-refractivity contribution in [3.8, 4) is 17.2 Å². The van der Waals surface area contributed by atoms with E-state index in [1.54, 1.807) is 54.2 Å². The van der Waals surface area contributed by atoms with Gasteiger partial charge in [0.05, 0.1) is 29.7 Å². The van der Waals surface area contributed by atoms with Gasteiger partial charge in [-0.15, -0.1) is 11.8 Å². The number of H-pyrrole nitrogens is 1. The van der Waals surface area contributed by atoms with Crippen LogP contribution < -0.4 is 24.6 Å². The molecule has 7 atom stereocenters. The van der Waals surface area contributed by atoms with Crippen molar-refractivity contribution >= 4 is 63.8 Å². The van der Waals surface area contributed by atoms with Gasteiger partial charge < -0.3 is 24.9 Å². The van der Waals surface area contributed by atoms with Crippen LogP contribution in [0.25, 0.3) is 0 Å². The number of nitrogens with one attached hydrogen (secondary N) is 2. The Morgan fingerprint density at radius 2 is 1.72 bits per heavy atom. The summed E-state index contributed by atoms with van der Waals surface area (Å²) in [4.78, 5) is 58.2. The second-order valence-electron chi connectivity index (χ2n) is 12.2. The zero-order valence-corrected chi connectivity index (χ0v) is 27.2. The summed E-state index contributed by atoms with van der Waals surface area (Å²) in [5.41, 5.74) is 1.97. The molecule has 3 heterocycles. The summed E-state index contributed by atoms with van der Waals surface area (Å²) in [6, 6.07) is 18.5. The molecule has 240 valence electrons. The molecule has 2 saturated carbocycles. The number of aromatic nitrogens is 1. The number of aromatic amines is 1. The number of carbonyl (C=O) groups is 3. The number of amides is 3. The molecule has 13 heteroatoms. The second kappa shape index (κ2) is 11.5.